The van der Waals surface area contributed by atoms with E-state index in [1.165, 1.54) is 10.7 Å². The van der Waals surface area contributed by atoms with Gasteiger partial charge in [-0.2, -0.15) is 4.31 Å². The van der Waals surface area contributed by atoms with Crippen molar-refractivity contribution in [3.05, 3.63) is 53.2 Å². The van der Waals surface area contributed by atoms with Gasteiger partial charge in [0.05, 0.1) is 9.92 Å². The number of aromatic nitrogens is 1. The Morgan fingerprint density at radius 3 is 2.25 bits per heavy atom. The van der Waals surface area contributed by atoms with Crippen LogP contribution >= 0.6 is 11.6 Å². The fourth-order valence-corrected chi connectivity index (χ4v) is 5.98. The van der Waals surface area contributed by atoms with Gasteiger partial charge in [-0.05, 0) is 49.2 Å². The second kappa shape index (κ2) is 9.77. The summed E-state index contributed by atoms with van der Waals surface area (Å²) in [6.07, 6.45) is 6.74. The molecule has 1 saturated heterocycles. The number of sulfonamides is 1. The van der Waals surface area contributed by atoms with E-state index in [1.54, 1.807) is 42.4 Å². The van der Waals surface area contributed by atoms with Crippen LogP contribution in [0.2, 0.25) is 5.02 Å². The molecule has 1 aliphatic heterocycles. The van der Waals surface area contributed by atoms with Crippen molar-refractivity contribution in [1.29, 1.82) is 0 Å². The summed E-state index contributed by atoms with van der Waals surface area (Å²) in [5, 5.41) is 0.595. The molecule has 0 radical (unpaired) electrons. The number of anilines is 1. The summed E-state index contributed by atoms with van der Waals surface area (Å²) in [6, 6.07) is 10.1. The second-order valence-electron chi connectivity index (χ2n) is 8.45. The van der Waals surface area contributed by atoms with E-state index in [9.17, 15) is 13.2 Å². The van der Waals surface area contributed by atoms with Crippen molar-refractivity contribution in [1.82, 2.24) is 14.2 Å². The lowest BCUT2D eigenvalue weighted by molar-refractivity contribution is 0.0746. The van der Waals surface area contributed by atoms with Crippen molar-refractivity contribution < 1.29 is 13.2 Å². The van der Waals surface area contributed by atoms with Gasteiger partial charge in [-0.25, -0.2) is 13.4 Å². The topological polar surface area (TPSA) is 73.8 Å². The Morgan fingerprint density at radius 1 is 1.00 bits per heavy atom. The van der Waals surface area contributed by atoms with Crippen LogP contribution in [0, 0.1) is 0 Å². The third-order valence-corrected chi connectivity index (χ3v) is 8.62. The van der Waals surface area contributed by atoms with Gasteiger partial charge < -0.3 is 9.80 Å². The molecule has 4 rings (SSSR count). The molecule has 2 aliphatic rings. The summed E-state index contributed by atoms with van der Waals surface area (Å²) in [4.78, 5) is 21.4. The number of piperazine rings is 1. The van der Waals surface area contributed by atoms with Crippen molar-refractivity contribution in [3.8, 4) is 0 Å². The fraction of sp³-hybridized carbons (Fsp3) is 0.478. The molecule has 0 spiro atoms. The van der Waals surface area contributed by atoms with Crippen LogP contribution in [0.25, 0.3) is 0 Å². The number of hydrogen-bond acceptors (Lipinski definition) is 5. The molecule has 9 heteroatoms. The minimum Gasteiger partial charge on any atom is -0.353 e. The van der Waals surface area contributed by atoms with Crippen LogP contribution in [-0.4, -0.2) is 67.8 Å². The van der Waals surface area contributed by atoms with Gasteiger partial charge in [0.2, 0.25) is 10.0 Å². The smallest absolute Gasteiger partial charge is 0.253 e. The molecule has 1 aromatic heterocycles. The molecular formula is C23H29ClN4O3S. The van der Waals surface area contributed by atoms with E-state index in [1.807, 2.05) is 12.1 Å². The third kappa shape index (κ3) is 4.92. The summed E-state index contributed by atoms with van der Waals surface area (Å²) < 4.78 is 27.5. The first-order valence-corrected chi connectivity index (χ1v) is 12.9. The zero-order chi connectivity index (χ0) is 22.7. The molecule has 0 N–H and O–H groups in total. The van der Waals surface area contributed by atoms with E-state index in [4.69, 9.17) is 11.6 Å². The van der Waals surface area contributed by atoms with Crippen molar-refractivity contribution in [2.75, 3.05) is 38.1 Å². The van der Waals surface area contributed by atoms with Gasteiger partial charge in [-0.1, -0.05) is 30.9 Å². The lowest BCUT2D eigenvalue weighted by atomic mass is 9.96. The van der Waals surface area contributed by atoms with E-state index in [2.05, 4.69) is 9.88 Å². The summed E-state index contributed by atoms with van der Waals surface area (Å²) in [5.41, 5.74) is 0.502. The number of rotatable bonds is 5. The average Bonchev–Trinajstić information content (AvgIpc) is 2.84. The number of carbonyl (C=O) groups is 1. The van der Waals surface area contributed by atoms with E-state index in [-0.39, 0.29) is 16.8 Å². The van der Waals surface area contributed by atoms with Crippen LogP contribution in [-0.2, 0) is 10.0 Å². The molecule has 2 heterocycles. The maximum absolute atomic E-state index is 13.0. The van der Waals surface area contributed by atoms with Gasteiger partial charge in [-0.3, -0.25) is 4.79 Å². The summed E-state index contributed by atoms with van der Waals surface area (Å²) in [7, 11) is -1.90. The van der Waals surface area contributed by atoms with Crippen molar-refractivity contribution >= 4 is 33.3 Å². The molecule has 0 bridgehead atoms. The van der Waals surface area contributed by atoms with E-state index < -0.39 is 10.0 Å². The molecule has 1 aliphatic carbocycles. The molecule has 1 amide bonds. The highest BCUT2D eigenvalue weighted by Gasteiger charge is 2.29. The number of carbonyl (C=O) groups excluding carboxylic acids is 1. The standard InChI is InChI=1S/C23H29ClN4O3S/c1-26(20-5-3-2-4-6-20)32(30,31)21-10-7-18(8-11-21)23(29)28-15-13-27(14-16-28)22-12-9-19(24)17-25-22/h7-12,17,20H,2-6,13-16H2,1H3. The first kappa shape index (κ1) is 23.0. The zero-order valence-corrected chi connectivity index (χ0v) is 19.9. The Bertz CT molecular complexity index is 1030. The maximum Gasteiger partial charge on any atom is 0.253 e. The highest BCUT2D eigenvalue weighted by molar-refractivity contribution is 7.89. The van der Waals surface area contributed by atoms with E-state index in [0.717, 1.165) is 31.5 Å². The highest BCUT2D eigenvalue weighted by atomic mass is 35.5. The monoisotopic (exact) mass is 476 g/mol. The van der Waals surface area contributed by atoms with Crippen LogP contribution in [0.1, 0.15) is 42.5 Å². The van der Waals surface area contributed by atoms with E-state index in [0.29, 0.717) is 36.8 Å². The summed E-state index contributed by atoms with van der Waals surface area (Å²) in [5.74, 6) is 0.761. The molecule has 1 aromatic carbocycles. The predicted octanol–water partition coefficient (Wildman–Crippen LogP) is 3.65. The number of nitrogens with zero attached hydrogens (tertiary/aromatic N) is 4. The van der Waals surface area contributed by atoms with Crippen molar-refractivity contribution in [3.63, 3.8) is 0 Å². The molecule has 2 fully saturated rings. The minimum atomic E-state index is -3.56. The first-order chi connectivity index (χ1) is 15.4. The predicted molar refractivity (Wildman–Crippen MR) is 126 cm³/mol. The minimum absolute atomic E-state index is 0.0569. The van der Waals surface area contributed by atoms with Gasteiger partial charge in [0.1, 0.15) is 5.82 Å². The number of pyridine rings is 1. The van der Waals surface area contributed by atoms with Crippen molar-refractivity contribution in [2.45, 2.75) is 43.0 Å². The number of hydrogen-bond donors (Lipinski definition) is 0. The van der Waals surface area contributed by atoms with Gasteiger partial charge in [-0.15, -0.1) is 0 Å². The normalized spacial score (nSPS) is 18.2. The molecule has 32 heavy (non-hydrogen) atoms. The molecule has 2 aromatic rings. The van der Waals surface area contributed by atoms with Gasteiger partial charge in [0.25, 0.3) is 5.91 Å². The largest absolute Gasteiger partial charge is 0.353 e. The Morgan fingerprint density at radius 2 is 1.66 bits per heavy atom. The van der Waals surface area contributed by atoms with Crippen LogP contribution in [0.4, 0.5) is 5.82 Å². The lowest BCUT2D eigenvalue weighted by Crippen LogP contribution is -2.49. The Balaban J connectivity index is 1.38. The lowest BCUT2D eigenvalue weighted by Gasteiger charge is -2.35. The SMILES string of the molecule is CN(C1CCCCC1)S(=O)(=O)c1ccc(C(=O)N2CCN(c3ccc(Cl)cn3)CC2)cc1. The summed E-state index contributed by atoms with van der Waals surface area (Å²) in [6.45, 7) is 2.51. The first-order valence-electron chi connectivity index (χ1n) is 11.1. The van der Waals surface area contributed by atoms with Crippen LogP contribution in [0.15, 0.2) is 47.5 Å². The molecule has 1 saturated carbocycles. The number of amides is 1. The van der Waals surface area contributed by atoms with Gasteiger partial charge in [0, 0.05) is 51.0 Å². The van der Waals surface area contributed by atoms with Gasteiger partial charge >= 0.3 is 0 Å². The highest BCUT2D eigenvalue weighted by Crippen LogP contribution is 2.27. The molecule has 0 unspecified atom stereocenters. The molecule has 172 valence electrons. The van der Waals surface area contributed by atoms with Crippen molar-refractivity contribution in [2.24, 2.45) is 0 Å². The molecule has 0 atom stereocenters. The third-order valence-electron chi connectivity index (χ3n) is 6.47. The zero-order valence-electron chi connectivity index (χ0n) is 18.3. The quantitative estimate of drug-likeness (QED) is 0.658. The van der Waals surface area contributed by atoms with E-state index >= 15 is 0 Å². The Hall–Kier alpha value is -2.16. The number of halogens is 1. The molecule has 7 nitrogen and oxygen atoms in total. The number of benzene rings is 1. The molecular weight excluding hydrogens is 448 g/mol. The Kier molecular flexibility index (Phi) is 7.02. The maximum atomic E-state index is 13.0. The second-order valence-corrected chi connectivity index (χ2v) is 10.9. The summed E-state index contributed by atoms with van der Waals surface area (Å²) >= 11 is 5.90. The Labute approximate surface area is 195 Å². The fourth-order valence-electron chi connectivity index (χ4n) is 4.45. The van der Waals surface area contributed by atoms with Crippen LogP contribution < -0.4 is 4.90 Å². The van der Waals surface area contributed by atoms with Gasteiger partial charge in [0.15, 0.2) is 0 Å². The van der Waals surface area contributed by atoms with Crippen LogP contribution in [0.5, 0.6) is 0 Å². The average molecular weight is 477 g/mol. The van der Waals surface area contributed by atoms with Crippen LogP contribution in [0.3, 0.4) is 0 Å².